The minimum absolute atomic E-state index is 0.756. The molecule has 4 nitrogen and oxygen atoms in total. The highest BCUT2D eigenvalue weighted by Crippen LogP contribution is 2.26. The van der Waals surface area contributed by atoms with Gasteiger partial charge in [-0.05, 0) is 30.5 Å². The molecular formula is C16H24N4. The summed E-state index contributed by atoms with van der Waals surface area (Å²) in [6.07, 6.45) is 4.25. The number of rotatable bonds is 6. The molecule has 3 N–H and O–H groups in total. The maximum atomic E-state index is 6.17. The molecule has 0 spiro atoms. The van der Waals surface area contributed by atoms with Gasteiger partial charge in [0.15, 0.2) is 5.82 Å². The van der Waals surface area contributed by atoms with Gasteiger partial charge in [0, 0.05) is 12.7 Å². The second-order valence-corrected chi connectivity index (χ2v) is 5.15. The molecule has 0 fully saturated rings. The Balaban J connectivity index is 2.17. The maximum absolute atomic E-state index is 6.17. The number of anilines is 3. The van der Waals surface area contributed by atoms with Gasteiger partial charge in [0.2, 0.25) is 0 Å². The van der Waals surface area contributed by atoms with E-state index in [0.717, 1.165) is 42.1 Å². The summed E-state index contributed by atoms with van der Waals surface area (Å²) >= 11 is 0. The Morgan fingerprint density at radius 2 is 1.75 bits per heavy atom. The minimum Gasteiger partial charge on any atom is -0.394 e. The number of hydrogen-bond acceptors (Lipinski definition) is 3. The lowest BCUT2D eigenvalue weighted by Gasteiger charge is -2.08. The SMILES string of the molecule is CCCc1ccc(Nc2c(N)c(CCC)nn2C)cc1. The first-order chi connectivity index (χ1) is 9.65. The topological polar surface area (TPSA) is 55.9 Å². The summed E-state index contributed by atoms with van der Waals surface area (Å²) in [7, 11) is 1.92. The van der Waals surface area contributed by atoms with E-state index in [1.54, 1.807) is 0 Å². The lowest BCUT2D eigenvalue weighted by molar-refractivity contribution is 0.740. The first-order valence-corrected chi connectivity index (χ1v) is 7.33. The van der Waals surface area contributed by atoms with Gasteiger partial charge < -0.3 is 11.1 Å². The van der Waals surface area contributed by atoms with Crippen molar-refractivity contribution >= 4 is 17.2 Å². The Bertz CT molecular complexity index is 555. The van der Waals surface area contributed by atoms with Gasteiger partial charge in [0.05, 0.1) is 11.4 Å². The summed E-state index contributed by atoms with van der Waals surface area (Å²) in [5.41, 5.74) is 10.3. The van der Waals surface area contributed by atoms with Gasteiger partial charge in [-0.25, -0.2) is 0 Å². The quantitative estimate of drug-likeness (QED) is 0.844. The number of aromatic nitrogens is 2. The lowest BCUT2D eigenvalue weighted by Crippen LogP contribution is -2.01. The molecule has 1 aromatic carbocycles. The fourth-order valence-corrected chi connectivity index (χ4v) is 2.35. The zero-order valence-corrected chi connectivity index (χ0v) is 12.6. The second kappa shape index (κ2) is 6.46. The Morgan fingerprint density at radius 3 is 2.35 bits per heavy atom. The van der Waals surface area contributed by atoms with Crippen molar-refractivity contribution in [2.45, 2.75) is 39.5 Å². The maximum Gasteiger partial charge on any atom is 0.152 e. The highest BCUT2D eigenvalue weighted by atomic mass is 15.3. The van der Waals surface area contributed by atoms with Crippen LogP contribution in [0.4, 0.5) is 17.2 Å². The molecule has 20 heavy (non-hydrogen) atoms. The van der Waals surface area contributed by atoms with E-state index in [4.69, 9.17) is 5.73 Å². The Labute approximate surface area is 121 Å². The molecule has 0 aliphatic heterocycles. The minimum atomic E-state index is 0.756. The third kappa shape index (κ3) is 3.13. The van der Waals surface area contributed by atoms with Crippen molar-refractivity contribution in [2.75, 3.05) is 11.1 Å². The lowest BCUT2D eigenvalue weighted by atomic mass is 10.1. The van der Waals surface area contributed by atoms with Crippen LogP contribution < -0.4 is 11.1 Å². The monoisotopic (exact) mass is 272 g/mol. The molecule has 1 aromatic heterocycles. The Morgan fingerprint density at radius 1 is 1.10 bits per heavy atom. The summed E-state index contributed by atoms with van der Waals surface area (Å²) < 4.78 is 1.82. The van der Waals surface area contributed by atoms with E-state index in [9.17, 15) is 0 Å². The molecule has 1 heterocycles. The van der Waals surface area contributed by atoms with E-state index in [-0.39, 0.29) is 0 Å². The highest BCUT2D eigenvalue weighted by Gasteiger charge is 2.12. The Hall–Kier alpha value is -1.97. The van der Waals surface area contributed by atoms with Gasteiger partial charge in [0.1, 0.15) is 0 Å². The molecule has 0 radical (unpaired) electrons. The number of nitrogens with one attached hydrogen (secondary N) is 1. The third-order valence-electron chi connectivity index (χ3n) is 3.40. The number of nitrogen functional groups attached to an aromatic ring is 1. The summed E-state index contributed by atoms with van der Waals surface area (Å²) in [5.74, 6) is 0.872. The van der Waals surface area contributed by atoms with Crippen LogP contribution in [0.1, 0.15) is 37.9 Å². The molecule has 0 bridgehead atoms. The van der Waals surface area contributed by atoms with E-state index >= 15 is 0 Å². The van der Waals surface area contributed by atoms with Crippen LogP contribution in [0.5, 0.6) is 0 Å². The molecule has 0 aliphatic rings. The smallest absolute Gasteiger partial charge is 0.152 e. The van der Waals surface area contributed by atoms with E-state index in [1.807, 2.05) is 11.7 Å². The van der Waals surface area contributed by atoms with Gasteiger partial charge in [-0.15, -0.1) is 0 Å². The average molecular weight is 272 g/mol. The molecule has 0 atom stereocenters. The fourth-order valence-electron chi connectivity index (χ4n) is 2.35. The van der Waals surface area contributed by atoms with Gasteiger partial charge in [-0.1, -0.05) is 38.8 Å². The number of hydrogen-bond donors (Lipinski definition) is 2. The van der Waals surface area contributed by atoms with Crippen molar-refractivity contribution in [3.63, 3.8) is 0 Å². The largest absolute Gasteiger partial charge is 0.394 e. The van der Waals surface area contributed by atoms with Crippen LogP contribution >= 0.6 is 0 Å². The molecule has 4 heteroatoms. The van der Waals surface area contributed by atoms with Crippen molar-refractivity contribution in [3.8, 4) is 0 Å². The van der Waals surface area contributed by atoms with Gasteiger partial charge in [-0.2, -0.15) is 5.10 Å². The van der Waals surface area contributed by atoms with Crippen LogP contribution in [0.3, 0.4) is 0 Å². The van der Waals surface area contributed by atoms with Gasteiger partial charge in [0.25, 0.3) is 0 Å². The van der Waals surface area contributed by atoms with Crippen molar-refractivity contribution in [3.05, 3.63) is 35.5 Å². The molecular weight excluding hydrogens is 248 g/mol. The van der Waals surface area contributed by atoms with Crippen LogP contribution in [0, 0.1) is 0 Å². The number of benzene rings is 1. The molecule has 0 aliphatic carbocycles. The van der Waals surface area contributed by atoms with Gasteiger partial charge in [-0.3, -0.25) is 4.68 Å². The fraction of sp³-hybridized carbons (Fsp3) is 0.438. The van der Waals surface area contributed by atoms with Crippen LogP contribution in [0.15, 0.2) is 24.3 Å². The van der Waals surface area contributed by atoms with Crippen molar-refractivity contribution in [2.24, 2.45) is 7.05 Å². The van der Waals surface area contributed by atoms with E-state index < -0.39 is 0 Å². The van der Waals surface area contributed by atoms with Crippen LogP contribution in [0.2, 0.25) is 0 Å². The highest BCUT2D eigenvalue weighted by molar-refractivity contribution is 5.71. The van der Waals surface area contributed by atoms with E-state index in [1.165, 1.54) is 12.0 Å². The molecule has 0 unspecified atom stereocenters. The van der Waals surface area contributed by atoms with Crippen LogP contribution in [-0.4, -0.2) is 9.78 Å². The van der Waals surface area contributed by atoms with Crippen molar-refractivity contribution in [1.29, 1.82) is 0 Å². The molecule has 0 amide bonds. The first-order valence-electron chi connectivity index (χ1n) is 7.33. The normalized spacial score (nSPS) is 10.8. The van der Waals surface area contributed by atoms with Crippen molar-refractivity contribution in [1.82, 2.24) is 9.78 Å². The zero-order valence-electron chi connectivity index (χ0n) is 12.6. The summed E-state index contributed by atoms with van der Waals surface area (Å²) in [6, 6.07) is 8.50. The predicted molar refractivity (Wildman–Crippen MR) is 85.3 cm³/mol. The number of nitrogens with zero attached hydrogens (tertiary/aromatic N) is 2. The molecule has 108 valence electrons. The van der Waals surface area contributed by atoms with E-state index in [0.29, 0.717) is 0 Å². The average Bonchev–Trinajstić information content (AvgIpc) is 2.69. The van der Waals surface area contributed by atoms with E-state index in [2.05, 4.69) is 48.5 Å². The zero-order chi connectivity index (χ0) is 14.5. The standard InChI is InChI=1S/C16H24N4/c1-4-6-12-8-10-13(11-9-12)18-16-15(17)14(7-5-2)19-20(16)3/h8-11,18H,4-7,17H2,1-3H3. The van der Waals surface area contributed by atoms with Gasteiger partial charge >= 0.3 is 0 Å². The second-order valence-electron chi connectivity index (χ2n) is 5.15. The van der Waals surface area contributed by atoms with Crippen molar-refractivity contribution < 1.29 is 0 Å². The van der Waals surface area contributed by atoms with Crippen LogP contribution in [0.25, 0.3) is 0 Å². The Kier molecular flexibility index (Phi) is 4.66. The third-order valence-corrected chi connectivity index (χ3v) is 3.40. The summed E-state index contributed by atoms with van der Waals surface area (Å²) in [5, 5.41) is 7.84. The molecule has 2 rings (SSSR count). The van der Waals surface area contributed by atoms with Crippen LogP contribution in [-0.2, 0) is 19.9 Å². The summed E-state index contributed by atoms with van der Waals surface area (Å²) in [4.78, 5) is 0. The predicted octanol–water partition coefficient (Wildman–Crippen LogP) is 3.65. The molecule has 0 saturated carbocycles. The number of aryl methyl sites for hydroxylation is 3. The summed E-state index contributed by atoms with van der Waals surface area (Å²) in [6.45, 7) is 4.32. The first kappa shape index (κ1) is 14.4. The molecule has 0 saturated heterocycles. The number of nitrogens with two attached hydrogens (primary N) is 1. The molecule has 2 aromatic rings.